The average Bonchev–Trinajstić information content (AvgIpc) is 3.37. The summed E-state index contributed by atoms with van der Waals surface area (Å²) in [5.74, 6) is -1.07. The summed E-state index contributed by atoms with van der Waals surface area (Å²) in [5.41, 5.74) is -0.831. The van der Waals surface area contributed by atoms with Crippen molar-refractivity contribution in [1.29, 1.82) is 0 Å². The molecule has 0 heterocycles. The number of ether oxygens (including phenoxy) is 1. The Morgan fingerprint density at radius 2 is 1.84 bits per heavy atom. The lowest BCUT2D eigenvalue weighted by molar-refractivity contribution is -0.143. The first-order chi connectivity index (χ1) is 11.8. The molecule has 0 aromatic heterocycles. The Labute approximate surface area is 148 Å². The molecule has 0 spiro atoms. The molecule has 142 valence electrons. The number of carbonyl (C=O) groups is 3. The number of hydrogen-bond donors (Lipinski definition) is 3. The zero-order valence-corrected chi connectivity index (χ0v) is 15.2. The van der Waals surface area contributed by atoms with E-state index in [2.05, 4.69) is 10.6 Å². The van der Waals surface area contributed by atoms with Crippen molar-refractivity contribution in [2.45, 2.75) is 70.9 Å². The van der Waals surface area contributed by atoms with Crippen molar-refractivity contribution in [2.75, 3.05) is 13.2 Å². The summed E-state index contributed by atoms with van der Waals surface area (Å²) in [6.45, 7) is 3.80. The molecule has 2 fully saturated rings. The van der Waals surface area contributed by atoms with Gasteiger partial charge >= 0.3 is 5.97 Å². The predicted molar refractivity (Wildman–Crippen MR) is 91.9 cm³/mol. The van der Waals surface area contributed by atoms with E-state index >= 15 is 0 Å². The van der Waals surface area contributed by atoms with E-state index in [-0.39, 0.29) is 18.4 Å². The zero-order chi connectivity index (χ0) is 18.4. The van der Waals surface area contributed by atoms with E-state index in [9.17, 15) is 19.5 Å². The third kappa shape index (κ3) is 5.70. The fraction of sp³-hybridized carbons (Fsp3) is 0.833. The molecular weight excluding hydrogens is 324 g/mol. The van der Waals surface area contributed by atoms with Gasteiger partial charge in [0.1, 0.15) is 6.04 Å². The highest BCUT2D eigenvalue weighted by atomic mass is 16.5. The maximum Gasteiger partial charge on any atom is 0.311 e. The lowest BCUT2D eigenvalue weighted by Gasteiger charge is -2.28. The highest BCUT2D eigenvalue weighted by molar-refractivity contribution is 5.88. The van der Waals surface area contributed by atoms with Gasteiger partial charge < -0.3 is 20.5 Å². The van der Waals surface area contributed by atoms with Gasteiger partial charge in [-0.3, -0.25) is 14.4 Å². The summed E-state index contributed by atoms with van der Waals surface area (Å²) in [5, 5.41) is 14.5. The van der Waals surface area contributed by atoms with Gasteiger partial charge in [-0.1, -0.05) is 19.3 Å². The molecule has 2 aliphatic rings. The van der Waals surface area contributed by atoms with Crippen LogP contribution in [-0.2, 0) is 19.1 Å². The Kier molecular flexibility index (Phi) is 6.81. The highest BCUT2D eigenvalue weighted by Crippen LogP contribution is 2.45. The summed E-state index contributed by atoms with van der Waals surface area (Å²) in [7, 11) is 0. The van der Waals surface area contributed by atoms with Crippen LogP contribution in [0.15, 0.2) is 0 Å². The van der Waals surface area contributed by atoms with Crippen LogP contribution in [0.1, 0.15) is 58.8 Å². The Balaban J connectivity index is 1.86. The van der Waals surface area contributed by atoms with Gasteiger partial charge in [0, 0.05) is 20.1 Å². The van der Waals surface area contributed by atoms with Crippen LogP contribution in [0.25, 0.3) is 0 Å². The molecule has 2 rings (SSSR count). The summed E-state index contributed by atoms with van der Waals surface area (Å²) < 4.78 is 5.87. The van der Waals surface area contributed by atoms with Gasteiger partial charge in [0.15, 0.2) is 0 Å². The minimum absolute atomic E-state index is 0.0899. The first-order valence-corrected chi connectivity index (χ1v) is 9.24. The molecule has 2 atom stereocenters. The van der Waals surface area contributed by atoms with E-state index in [4.69, 9.17) is 4.74 Å². The SMILES string of the molecule is CC(=O)NC(C(=O)NCC1(C(=O)O)CC1)C(C)OCC1CCCCC1. The zero-order valence-electron chi connectivity index (χ0n) is 15.2. The van der Waals surface area contributed by atoms with Crippen LogP contribution >= 0.6 is 0 Å². The molecule has 0 aliphatic heterocycles. The van der Waals surface area contributed by atoms with Gasteiger partial charge in [-0.15, -0.1) is 0 Å². The van der Waals surface area contributed by atoms with Crippen LogP contribution < -0.4 is 10.6 Å². The largest absolute Gasteiger partial charge is 0.481 e. The van der Waals surface area contributed by atoms with Crippen molar-refractivity contribution in [1.82, 2.24) is 10.6 Å². The Hall–Kier alpha value is -1.63. The van der Waals surface area contributed by atoms with Gasteiger partial charge in [0.25, 0.3) is 0 Å². The van der Waals surface area contributed by atoms with E-state index in [1.165, 1.54) is 26.2 Å². The lowest BCUT2D eigenvalue weighted by Crippen LogP contribution is -2.54. The topological polar surface area (TPSA) is 105 Å². The average molecular weight is 354 g/mol. The Morgan fingerprint density at radius 3 is 2.36 bits per heavy atom. The normalized spacial score (nSPS) is 21.8. The van der Waals surface area contributed by atoms with E-state index in [0.717, 1.165) is 12.8 Å². The smallest absolute Gasteiger partial charge is 0.311 e. The molecule has 7 nitrogen and oxygen atoms in total. The second-order valence-corrected chi connectivity index (χ2v) is 7.52. The summed E-state index contributed by atoms with van der Waals surface area (Å²) in [6.07, 6.45) is 6.67. The first kappa shape index (κ1) is 19.7. The highest BCUT2D eigenvalue weighted by Gasteiger charge is 2.50. The summed E-state index contributed by atoms with van der Waals surface area (Å²) in [6, 6.07) is -0.814. The number of amides is 2. The molecule has 0 aromatic rings. The fourth-order valence-electron chi connectivity index (χ4n) is 3.34. The molecule has 2 saturated carbocycles. The van der Waals surface area contributed by atoms with Crippen molar-refractivity contribution in [2.24, 2.45) is 11.3 Å². The number of rotatable bonds is 9. The van der Waals surface area contributed by atoms with E-state index in [1.807, 2.05) is 0 Å². The number of nitrogens with one attached hydrogen (secondary N) is 2. The van der Waals surface area contributed by atoms with Gasteiger partial charge in [0.2, 0.25) is 11.8 Å². The van der Waals surface area contributed by atoms with Gasteiger partial charge in [0.05, 0.1) is 11.5 Å². The second-order valence-electron chi connectivity index (χ2n) is 7.52. The Morgan fingerprint density at radius 1 is 1.20 bits per heavy atom. The summed E-state index contributed by atoms with van der Waals surface area (Å²) >= 11 is 0. The van der Waals surface area contributed by atoms with Crippen molar-refractivity contribution in [3.8, 4) is 0 Å². The molecule has 0 saturated heterocycles. The number of carboxylic acid groups (broad SMARTS) is 1. The lowest BCUT2D eigenvalue weighted by atomic mass is 9.90. The van der Waals surface area contributed by atoms with E-state index in [0.29, 0.717) is 25.4 Å². The molecule has 3 N–H and O–H groups in total. The predicted octanol–water partition coefficient (Wildman–Crippen LogP) is 1.46. The van der Waals surface area contributed by atoms with Crippen LogP contribution in [0.5, 0.6) is 0 Å². The molecule has 0 bridgehead atoms. The molecule has 25 heavy (non-hydrogen) atoms. The van der Waals surface area contributed by atoms with Gasteiger partial charge in [-0.05, 0) is 38.5 Å². The van der Waals surface area contributed by atoms with Gasteiger partial charge in [-0.2, -0.15) is 0 Å². The molecule has 2 unspecified atom stereocenters. The quantitative estimate of drug-likeness (QED) is 0.581. The fourth-order valence-corrected chi connectivity index (χ4v) is 3.34. The van der Waals surface area contributed by atoms with Crippen molar-refractivity contribution in [3.63, 3.8) is 0 Å². The molecule has 0 radical (unpaired) electrons. The van der Waals surface area contributed by atoms with E-state index < -0.39 is 23.5 Å². The minimum Gasteiger partial charge on any atom is -0.481 e. The number of aliphatic carboxylic acids is 1. The summed E-state index contributed by atoms with van der Waals surface area (Å²) in [4.78, 5) is 35.1. The van der Waals surface area contributed by atoms with Crippen LogP contribution in [0.4, 0.5) is 0 Å². The third-order valence-electron chi connectivity index (χ3n) is 5.34. The third-order valence-corrected chi connectivity index (χ3v) is 5.34. The molecule has 7 heteroatoms. The molecule has 2 amide bonds. The standard InChI is InChI=1S/C18H30N2O5/c1-12(25-10-14-6-4-3-5-7-14)15(20-13(2)21)16(22)19-11-18(8-9-18)17(23)24/h12,14-15H,3-11H2,1-2H3,(H,19,22)(H,20,21)(H,23,24). The van der Waals surface area contributed by atoms with Crippen LogP contribution in [0, 0.1) is 11.3 Å². The minimum atomic E-state index is -0.884. The first-order valence-electron chi connectivity index (χ1n) is 9.24. The maximum atomic E-state index is 12.5. The van der Waals surface area contributed by atoms with Crippen LogP contribution in [-0.4, -0.2) is 48.2 Å². The second kappa shape index (κ2) is 8.65. The number of carbonyl (C=O) groups excluding carboxylic acids is 2. The van der Waals surface area contributed by atoms with Crippen LogP contribution in [0.3, 0.4) is 0 Å². The van der Waals surface area contributed by atoms with E-state index in [1.54, 1.807) is 6.92 Å². The Bertz CT molecular complexity index is 498. The maximum absolute atomic E-state index is 12.5. The van der Waals surface area contributed by atoms with Crippen molar-refractivity contribution in [3.05, 3.63) is 0 Å². The van der Waals surface area contributed by atoms with Crippen molar-refractivity contribution < 1.29 is 24.2 Å². The number of hydrogen-bond acceptors (Lipinski definition) is 4. The monoisotopic (exact) mass is 354 g/mol. The van der Waals surface area contributed by atoms with Gasteiger partial charge in [-0.25, -0.2) is 0 Å². The molecule has 2 aliphatic carbocycles. The van der Waals surface area contributed by atoms with Crippen LogP contribution in [0.2, 0.25) is 0 Å². The molecule has 0 aromatic carbocycles. The van der Waals surface area contributed by atoms with Crippen molar-refractivity contribution >= 4 is 17.8 Å². The molecular formula is C18H30N2O5. The number of carboxylic acids is 1.